The molecule has 0 aliphatic carbocycles. The quantitative estimate of drug-likeness (QED) is 0.741. The molecular weight excluding hydrogens is 428 g/mol. The van der Waals surface area contributed by atoms with Gasteiger partial charge in [-0.25, -0.2) is 4.98 Å². The molecule has 0 bridgehead atoms. The van der Waals surface area contributed by atoms with Gasteiger partial charge in [-0.05, 0) is 50.1 Å². The number of nitrogens with one attached hydrogen (secondary N) is 2. The van der Waals surface area contributed by atoms with Crippen LogP contribution in [0.5, 0.6) is 0 Å². The second-order valence-corrected chi connectivity index (χ2v) is 6.01. The van der Waals surface area contributed by atoms with Crippen LogP contribution < -0.4 is 10.6 Å². The number of rotatable bonds is 3. The Bertz CT molecular complexity index is 574. The van der Waals surface area contributed by atoms with E-state index in [-0.39, 0.29) is 0 Å². The van der Waals surface area contributed by atoms with Gasteiger partial charge in [0.25, 0.3) is 0 Å². The highest BCUT2D eigenvalue weighted by atomic mass is 79.9. The van der Waals surface area contributed by atoms with Crippen molar-refractivity contribution in [3.63, 3.8) is 0 Å². The van der Waals surface area contributed by atoms with E-state index in [0.29, 0.717) is 11.8 Å². The van der Waals surface area contributed by atoms with Gasteiger partial charge in [-0.1, -0.05) is 15.9 Å². The van der Waals surface area contributed by atoms with Gasteiger partial charge in [-0.15, -0.1) is 0 Å². The molecule has 0 saturated heterocycles. The number of benzene rings is 1. The Morgan fingerprint density at radius 1 is 1.11 bits per heavy atom. The van der Waals surface area contributed by atoms with E-state index in [0.717, 1.165) is 19.1 Å². The van der Waals surface area contributed by atoms with Gasteiger partial charge in [-0.2, -0.15) is 4.98 Å². The molecule has 1 aromatic carbocycles. The van der Waals surface area contributed by atoms with Crippen molar-refractivity contribution in [2.45, 2.75) is 0 Å². The SMILES string of the molecule is CNc1ncc(Br)c(Nc2cc(Br)ccc2Br)n1. The third-order valence-electron chi connectivity index (χ3n) is 2.15. The first-order valence-corrected chi connectivity index (χ1v) is 7.40. The lowest BCUT2D eigenvalue weighted by molar-refractivity contribution is 1.14. The minimum atomic E-state index is 0.562. The molecule has 0 amide bonds. The topological polar surface area (TPSA) is 49.8 Å². The Morgan fingerprint density at radius 2 is 1.89 bits per heavy atom. The highest BCUT2D eigenvalue weighted by Crippen LogP contribution is 2.31. The van der Waals surface area contributed by atoms with Crippen LogP contribution in [0.2, 0.25) is 0 Å². The van der Waals surface area contributed by atoms with Crippen LogP contribution in [0.25, 0.3) is 0 Å². The number of hydrogen-bond acceptors (Lipinski definition) is 4. The van der Waals surface area contributed by atoms with Crippen molar-refractivity contribution in [2.24, 2.45) is 0 Å². The normalized spacial score (nSPS) is 10.2. The first kappa shape index (κ1) is 13.8. The van der Waals surface area contributed by atoms with Crippen molar-refractivity contribution in [3.8, 4) is 0 Å². The fourth-order valence-corrected chi connectivity index (χ4v) is 2.29. The molecule has 0 aliphatic rings. The zero-order valence-electron chi connectivity index (χ0n) is 9.34. The molecule has 18 heavy (non-hydrogen) atoms. The summed E-state index contributed by atoms with van der Waals surface area (Å²) in [5.41, 5.74) is 0.922. The van der Waals surface area contributed by atoms with E-state index in [1.54, 1.807) is 13.2 Å². The smallest absolute Gasteiger partial charge is 0.224 e. The Morgan fingerprint density at radius 3 is 2.61 bits per heavy atom. The van der Waals surface area contributed by atoms with Crippen LogP contribution in [-0.2, 0) is 0 Å². The molecule has 2 rings (SSSR count). The molecule has 7 heteroatoms. The minimum absolute atomic E-state index is 0.562. The Kier molecular flexibility index (Phi) is 4.58. The van der Waals surface area contributed by atoms with Gasteiger partial charge < -0.3 is 10.6 Å². The zero-order valence-corrected chi connectivity index (χ0v) is 14.1. The van der Waals surface area contributed by atoms with Crippen LogP contribution in [0.4, 0.5) is 17.5 Å². The van der Waals surface area contributed by atoms with E-state index in [1.165, 1.54) is 0 Å². The van der Waals surface area contributed by atoms with Crippen LogP contribution in [0.3, 0.4) is 0 Å². The largest absolute Gasteiger partial charge is 0.357 e. The summed E-state index contributed by atoms with van der Waals surface area (Å²) in [5, 5.41) is 6.14. The van der Waals surface area contributed by atoms with Gasteiger partial charge in [0.1, 0.15) is 5.82 Å². The fourth-order valence-electron chi connectivity index (χ4n) is 1.30. The van der Waals surface area contributed by atoms with Crippen LogP contribution in [0, 0.1) is 0 Å². The summed E-state index contributed by atoms with van der Waals surface area (Å²) in [6, 6.07) is 5.89. The molecular formula is C11H9Br3N4. The second kappa shape index (κ2) is 5.99. The highest BCUT2D eigenvalue weighted by molar-refractivity contribution is 9.11. The van der Waals surface area contributed by atoms with E-state index < -0.39 is 0 Å². The fraction of sp³-hybridized carbons (Fsp3) is 0.0909. The monoisotopic (exact) mass is 434 g/mol. The molecule has 2 N–H and O–H groups in total. The lowest BCUT2D eigenvalue weighted by Gasteiger charge is -2.10. The van der Waals surface area contributed by atoms with E-state index >= 15 is 0 Å². The van der Waals surface area contributed by atoms with E-state index in [4.69, 9.17) is 0 Å². The van der Waals surface area contributed by atoms with Gasteiger partial charge in [0.05, 0.1) is 10.2 Å². The molecule has 1 aromatic heterocycles. The molecule has 0 radical (unpaired) electrons. The highest BCUT2D eigenvalue weighted by Gasteiger charge is 2.07. The minimum Gasteiger partial charge on any atom is -0.357 e. The van der Waals surface area contributed by atoms with Crippen molar-refractivity contribution in [1.82, 2.24) is 9.97 Å². The molecule has 2 aromatic rings. The maximum absolute atomic E-state index is 4.34. The Balaban J connectivity index is 2.36. The molecule has 94 valence electrons. The maximum atomic E-state index is 4.34. The van der Waals surface area contributed by atoms with E-state index in [2.05, 4.69) is 68.4 Å². The summed E-state index contributed by atoms with van der Waals surface area (Å²) < 4.78 is 2.75. The summed E-state index contributed by atoms with van der Waals surface area (Å²) >= 11 is 10.3. The number of nitrogens with zero attached hydrogens (tertiary/aromatic N) is 2. The molecule has 0 aliphatic heterocycles. The van der Waals surface area contributed by atoms with Crippen molar-refractivity contribution in [3.05, 3.63) is 37.8 Å². The zero-order chi connectivity index (χ0) is 13.1. The molecule has 0 spiro atoms. The first-order chi connectivity index (χ1) is 8.60. The maximum Gasteiger partial charge on any atom is 0.224 e. The molecule has 1 heterocycles. The van der Waals surface area contributed by atoms with Crippen molar-refractivity contribution >= 4 is 65.2 Å². The van der Waals surface area contributed by atoms with Gasteiger partial charge >= 0.3 is 0 Å². The summed E-state index contributed by atoms with van der Waals surface area (Å²) in [5.74, 6) is 1.26. The predicted molar refractivity (Wildman–Crippen MR) is 84.4 cm³/mol. The third kappa shape index (κ3) is 3.21. The lowest BCUT2D eigenvalue weighted by atomic mass is 10.3. The van der Waals surface area contributed by atoms with Gasteiger partial charge in [-0.3, -0.25) is 0 Å². The number of halogens is 3. The van der Waals surface area contributed by atoms with Crippen LogP contribution in [-0.4, -0.2) is 17.0 Å². The van der Waals surface area contributed by atoms with Crippen molar-refractivity contribution in [2.75, 3.05) is 17.7 Å². The van der Waals surface area contributed by atoms with Crippen molar-refractivity contribution in [1.29, 1.82) is 0 Å². The van der Waals surface area contributed by atoms with Crippen LogP contribution in [0.1, 0.15) is 0 Å². The van der Waals surface area contributed by atoms with Gasteiger partial charge in [0.15, 0.2) is 0 Å². The lowest BCUT2D eigenvalue weighted by Crippen LogP contribution is -2.01. The van der Waals surface area contributed by atoms with E-state index in [9.17, 15) is 0 Å². The average molecular weight is 437 g/mol. The molecule has 0 saturated carbocycles. The van der Waals surface area contributed by atoms with Crippen LogP contribution >= 0.6 is 47.8 Å². The molecule has 0 fully saturated rings. The first-order valence-electron chi connectivity index (χ1n) is 5.02. The molecule has 0 unspecified atom stereocenters. The summed E-state index contributed by atoms with van der Waals surface area (Å²) in [6.45, 7) is 0. The number of hydrogen-bond donors (Lipinski definition) is 2. The number of anilines is 3. The summed E-state index contributed by atoms with van der Waals surface area (Å²) in [6.07, 6.45) is 1.70. The third-order valence-corrected chi connectivity index (χ3v) is 3.91. The van der Waals surface area contributed by atoms with Gasteiger partial charge in [0, 0.05) is 22.2 Å². The predicted octanol–water partition coefficient (Wildman–Crippen LogP) is 4.55. The summed E-state index contributed by atoms with van der Waals surface area (Å²) in [4.78, 5) is 8.45. The van der Waals surface area contributed by atoms with E-state index in [1.807, 2.05) is 18.2 Å². The second-order valence-electron chi connectivity index (χ2n) is 3.39. The molecule has 4 nitrogen and oxygen atoms in total. The number of aromatic nitrogens is 2. The molecule has 0 atom stereocenters. The standard InChI is InChI=1S/C11H9Br3N4/c1-15-11-16-5-8(14)10(18-11)17-9-4-6(12)2-3-7(9)13/h2-5H,1H3,(H2,15,16,17,18). The summed E-state index contributed by atoms with van der Waals surface area (Å²) in [7, 11) is 1.78. The van der Waals surface area contributed by atoms with Gasteiger partial charge in [0.2, 0.25) is 5.95 Å². The Hall–Kier alpha value is -0.660. The Labute approximate surface area is 130 Å². The van der Waals surface area contributed by atoms with Crippen molar-refractivity contribution < 1.29 is 0 Å². The van der Waals surface area contributed by atoms with Crippen LogP contribution in [0.15, 0.2) is 37.8 Å². The average Bonchev–Trinajstić information content (AvgIpc) is 2.36.